The summed E-state index contributed by atoms with van der Waals surface area (Å²) in [6.07, 6.45) is 0.774. The molecule has 0 aliphatic rings. The van der Waals surface area contributed by atoms with Crippen molar-refractivity contribution in [1.29, 1.82) is 0 Å². The largest absolute Gasteiger partial charge is 0.333 e. The van der Waals surface area contributed by atoms with E-state index < -0.39 is 0 Å². The zero-order valence-electron chi connectivity index (χ0n) is 19.7. The Morgan fingerprint density at radius 3 is 2.36 bits per heavy atom. The van der Waals surface area contributed by atoms with E-state index in [0.717, 1.165) is 34.6 Å². The first-order valence-electron chi connectivity index (χ1n) is 11.2. The van der Waals surface area contributed by atoms with Gasteiger partial charge in [-0.05, 0) is 44.4 Å². The third-order valence-corrected chi connectivity index (χ3v) is 6.30. The molecule has 0 saturated carbocycles. The van der Waals surface area contributed by atoms with Gasteiger partial charge in [0.2, 0.25) is 11.8 Å². The maximum Gasteiger partial charge on any atom is 0.244 e. The van der Waals surface area contributed by atoms with Crippen LogP contribution in [0.2, 0.25) is 0 Å². The van der Waals surface area contributed by atoms with Crippen molar-refractivity contribution in [3.63, 3.8) is 0 Å². The van der Waals surface area contributed by atoms with Crippen LogP contribution < -0.4 is 5.32 Å². The van der Waals surface area contributed by atoms with E-state index in [1.807, 2.05) is 80.8 Å². The number of rotatable bonds is 10. The minimum absolute atomic E-state index is 0.0243. The van der Waals surface area contributed by atoms with Gasteiger partial charge in [-0.25, -0.2) is 0 Å². The Hall–Kier alpha value is -3.13. The van der Waals surface area contributed by atoms with Crippen molar-refractivity contribution in [2.45, 2.75) is 45.8 Å². The number of nitrogens with one attached hydrogen (secondary N) is 1. The average Bonchev–Trinajstić information content (AvgIpc) is 3.21. The fourth-order valence-electron chi connectivity index (χ4n) is 3.56. The second-order valence-corrected chi connectivity index (χ2v) is 8.77. The van der Waals surface area contributed by atoms with Crippen molar-refractivity contribution in [3.05, 3.63) is 59.7 Å². The summed E-state index contributed by atoms with van der Waals surface area (Å²) in [5.41, 5.74) is 3.91. The van der Waals surface area contributed by atoms with Gasteiger partial charge in [0.15, 0.2) is 11.0 Å². The van der Waals surface area contributed by atoms with E-state index in [1.165, 1.54) is 11.8 Å². The SMILES string of the molecule is CCCN(CC(=O)Nc1ccccc1C)C(=O)CSc1nnc(-c2ccccc2C)n1CC. The lowest BCUT2D eigenvalue weighted by atomic mass is 10.1. The number of amides is 2. The highest BCUT2D eigenvalue weighted by Gasteiger charge is 2.20. The second kappa shape index (κ2) is 11.7. The van der Waals surface area contributed by atoms with E-state index in [9.17, 15) is 9.59 Å². The molecule has 0 spiro atoms. The number of anilines is 1. The highest BCUT2D eigenvalue weighted by molar-refractivity contribution is 7.99. The van der Waals surface area contributed by atoms with Crippen LogP contribution in [0.5, 0.6) is 0 Å². The Morgan fingerprint density at radius 2 is 1.70 bits per heavy atom. The lowest BCUT2D eigenvalue weighted by Crippen LogP contribution is -2.39. The molecule has 0 unspecified atom stereocenters. The Bertz CT molecular complexity index is 1110. The maximum absolute atomic E-state index is 13.0. The average molecular weight is 466 g/mol. The van der Waals surface area contributed by atoms with Crippen LogP contribution in [0.1, 0.15) is 31.4 Å². The molecule has 0 atom stereocenters. The highest BCUT2D eigenvalue weighted by Crippen LogP contribution is 2.26. The molecule has 8 heteroatoms. The standard InChI is InChI=1S/C25H31N5O2S/c1-5-15-29(16-22(31)26-21-14-10-8-12-19(21)4)23(32)17-33-25-28-27-24(30(25)6-2)20-13-9-7-11-18(20)3/h7-14H,5-6,15-17H2,1-4H3,(H,26,31). The molecule has 3 rings (SSSR count). The third-order valence-electron chi connectivity index (χ3n) is 5.34. The van der Waals surface area contributed by atoms with Crippen LogP contribution >= 0.6 is 11.8 Å². The number of para-hydroxylation sites is 1. The zero-order valence-corrected chi connectivity index (χ0v) is 20.5. The normalized spacial score (nSPS) is 10.8. The molecule has 33 heavy (non-hydrogen) atoms. The van der Waals surface area contributed by atoms with Gasteiger partial charge in [0.1, 0.15) is 0 Å². The summed E-state index contributed by atoms with van der Waals surface area (Å²) >= 11 is 1.36. The molecule has 0 aliphatic carbocycles. The Morgan fingerprint density at radius 1 is 1.00 bits per heavy atom. The predicted molar refractivity (Wildman–Crippen MR) is 133 cm³/mol. The Balaban J connectivity index is 1.66. The second-order valence-electron chi connectivity index (χ2n) is 7.83. The molecule has 0 radical (unpaired) electrons. The minimum Gasteiger partial charge on any atom is -0.333 e. The summed E-state index contributed by atoms with van der Waals surface area (Å²) in [7, 11) is 0. The van der Waals surface area contributed by atoms with Crippen LogP contribution in [0, 0.1) is 13.8 Å². The number of aromatic nitrogens is 3. The van der Waals surface area contributed by atoms with Gasteiger partial charge in [-0.3, -0.25) is 9.59 Å². The first-order chi connectivity index (χ1) is 15.9. The first-order valence-corrected chi connectivity index (χ1v) is 12.2. The molecule has 174 valence electrons. The van der Waals surface area contributed by atoms with Gasteiger partial charge in [0.05, 0.1) is 12.3 Å². The molecular weight excluding hydrogens is 434 g/mol. The van der Waals surface area contributed by atoms with Crippen LogP contribution in [0.4, 0.5) is 5.69 Å². The molecule has 0 saturated heterocycles. The van der Waals surface area contributed by atoms with Crippen molar-refractivity contribution in [2.75, 3.05) is 24.2 Å². The summed E-state index contributed by atoms with van der Waals surface area (Å²) in [5.74, 6) is 0.705. The molecule has 3 aromatic rings. The summed E-state index contributed by atoms with van der Waals surface area (Å²) < 4.78 is 2.02. The van der Waals surface area contributed by atoms with Crippen LogP contribution in [-0.4, -0.2) is 50.3 Å². The van der Waals surface area contributed by atoms with E-state index in [-0.39, 0.29) is 24.1 Å². The van der Waals surface area contributed by atoms with Crippen molar-refractivity contribution >= 4 is 29.3 Å². The molecule has 2 amide bonds. The summed E-state index contributed by atoms with van der Waals surface area (Å²) in [4.78, 5) is 27.1. The Labute approximate surface area is 199 Å². The lowest BCUT2D eigenvalue weighted by molar-refractivity contribution is -0.132. The summed E-state index contributed by atoms with van der Waals surface area (Å²) in [6.45, 7) is 9.27. The Kier molecular flexibility index (Phi) is 8.65. The van der Waals surface area contributed by atoms with Crippen LogP contribution in [0.15, 0.2) is 53.7 Å². The predicted octanol–water partition coefficient (Wildman–Crippen LogP) is 4.55. The number of hydrogen-bond acceptors (Lipinski definition) is 5. The molecule has 1 heterocycles. The molecule has 0 bridgehead atoms. The van der Waals surface area contributed by atoms with Gasteiger partial charge in [-0.1, -0.05) is 61.2 Å². The van der Waals surface area contributed by atoms with Gasteiger partial charge in [-0.15, -0.1) is 10.2 Å². The number of benzene rings is 2. The van der Waals surface area contributed by atoms with E-state index in [2.05, 4.69) is 15.5 Å². The number of carbonyl (C=O) groups is 2. The number of carbonyl (C=O) groups excluding carboxylic acids is 2. The number of nitrogens with zero attached hydrogens (tertiary/aromatic N) is 4. The van der Waals surface area contributed by atoms with Crippen LogP contribution in [0.3, 0.4) is 0 Å². The van der Waals surface area contributed by atoms with E-state index in [0.29, 0.717) is 18.2 Å². The molecular formula is C25H31N5O2S. The fraction of sp³-hybridized carbons (Fsp3) is 0.360. The van der Waals surface area contributed by atoms with Gasteiger partial charge >= 0.3 is 0 Å². The quantitative estimate of drug-likeness (QED) is 0.444. The fourth-order valence-corrected chi connectivity index (χ4v) is 4.46. The van der Waals surface area contributed by atoms with E-state index in [1.54, 1.807) is 4.90 Å². The highest BCUT2D eigenvalue weighted by atomic mass is 32.2. The van der Waals surface area contributed by atoms with Gasteiger partial charge in [0.25, 0.3) is 0 Å². The molecule has 1 aromatic heterocycles. The van der Waals surface area contributed by atoms with Crippen molar-refractivity contribution < 1.29 is 9.59 Å². The molecule has 2 aromatic carbocycles. The van der Waals surface area contributed by atoms with Crippen LogP contribution in [0.25, 0.3) is 11.4 Å². The number of aryl methyl sites for hydroxylation is 2. The third kappa shape index (κ3) is 6.22. The molecule has 0 fully saturated rings. The van der Waals surface area contributed by atoms with E-state index >= 15 is 0 Å². The van der Waals surface area contributed by atoms with Gasteiger partial charge in [0, 0.05) is 24.3 Å². The smallest absolute Gasteiger partial charge is 0.244 e. The number of hydrogen-bond donors (Lipinski definition) is 1. The van der Waals surface area contributed by atoms with Crippen LogP contribution in [-0.2, 0) is 16.1 Å². The molecule has 1 N–H and O–H groups in total. The lowest BCUT2D eigenvalue weighted by Gasteiger charge is -2.21. The van der Waals surface area contributed by atoms with Crippen molar-refractivity contribution in [3.8, 4) is 11.4 Å². The minimum atomic E-state index is -0.199. The molecule has 7 nitrogen and oxygen atoms in total. The zero-order chi connectivity index (χ0) is 23.8. The van der Waals surface area contributed by atoms with E-state index in [4.69, 9.17) is 0 Å². The van der Waals surface area contributed by atoms with Gasteiger partial charge < -0.3 is 14.8 Å². The number of thioether (sulfide) groups is 1. The first kappa shape index (κ1) is 24.5. The summed E-state index contributed by atoms with van der Waals surface area (Å²) in [5, 5.41) is 12.3. The topological polar surface area (TPSA) is 80.1 Å². The monoisotopic (exact) mass is 465 g/mol. The molecule has 0 aliphatic heterocycles. The van der Waals surface area contributed by atoms with Gasteiger partial charge in [-0.2, -0.15) is 0 Å². The summed E-state index contributed by atoms with van der Waals surface area (Å²) in [6, 6.07) is 15.7. The van der Waals surface area contributed by atoms with Crippen molar-refractivity contribution in [1.82, 2.24) is 19.7 Å². The maximum atomic E-state index is 13.0. The van der Waals surface area contributed by atoms with Crippen molar-refractivity contribution in [2.24, 2.45) is 0 Å².